The second-order valence-corrected chi connectivity index (χ2v) is 8.97. The number of hydrogen-bond acceptors (Lipinski definition) is 7. The molecule has 4 N–H and O–H groups in total. The van der Waals surface area contributed by atoms with Crippen LogP contribution in [0.4, 0.5) is 22.1 Å². The highest BCUT2D eigenvalue weighted by Gasteiger charge is 2.17. The molecule has 9 nitrogen and oxygen atoms in total. The summed E-state index contributed by atoms with van der Waals surface area (Å²) in [5.41, 5.74) is 3.06. The molecular weight excluding hydrogens is 430 g/mol. The lowest BCUT2D eigenvalue weighted by molar-refractivity contribution is 0.0523. The number of aromatic amines is 1. The Hall–Kier alpha value is -4.14. The van der Waals surface area contributed by atoms with Gasteiger partial charge in [0.2, 0.25) is 0 Å². The minimum Gasteiger partial charge on any atom is -0.444 e. The maximum atomic E-state index is 11.9. The summed E-state index contributed by atoms with van der Waals surface area (Å²) < 4.78 is 5.27. The molecule has 2 aromatic carbocycles. The zero-order chi connectivity index (χ0) is 24.1. The van der Waals surface area contributed by atoms with Crippen molar-refractivity contribution in [3.8, 4) is 0 Å². The van der Waals surface area contributed by atoms with Crippen LogP contribution in [0.2, 0.25) is 0 Å². The Balaban J connectivity index is 1.46. The number of benzene rings is 2. The maximum Gasteiger partial charge on any atom is 0.407 e. The molecule has 4 rings (SSSR count). The summed E-state index contributed by atoms with van der Waals surface area (Å²) in [4.78, 5) is 20.6. The van der Waals surface area contributed by atoms with E-state index in [9.17, 15) is 4.79 Å². The number of nitrogens with one attached hydrogen (secondary N) is 4. The van der Waals surface area contributed by atoms with Gasteiger partial charge in [0, 0.05) is 18.3 Å². The van der Waals surface area contributed by atoms with E-state index in [0.717, 1.165) is 22.2 Å². The van der Waals surface area contributed by atoms with Crippen molar-refractivity contribution in [1.29, 1.82) is 0 Å². The van der Waals surface area contributed by atoms with E-state index in [1.165, 1.54) is 6.33 Å². The number of rotatable bonds is 7. The second-order valence-electron chi connectivity index (χ2n) is 8.97. The number of alkyl carbamates (subject to hydrolysis) is 1. The lowest BCUT2D eigenvalue weighted by Crippen LogP contribution is -2.32. The van der Waals surface area contributed by atoms with Crippen LogP contribution < -0.4 is 16.0 Å². The number of H-pyrrole nitrogens is 1. The molecule has 9 heteroatoms. The third-order valence-corrected chi connectivity index (χ3v) is 5.06. The van der Waals surface area contributed by atoms with Crippen LogP contribution in [0, 0.1) is 0 Å². The van der Waals surface area contributed by atoms with Crippen molar-refractivity contribution in [3.63, 3.8) is 0 Å². The molecule has 0 bridgehead atoms. The Kier molecular flexibility index (Phi) is 6.62. The van der Waals surface area contributed by atoms with Crippen LogP contribution in [0.25, 0.3) is 11.0 Å². The first-order valence-electron chi connectivity index (χ1n) is 11.1. The number of ether oxygens (including phenoxy) is 1. The van der Waals surface area contributed by atoms with Gasteiger partial charge in [-0.2, -0.15) is 5.10 Å². The summed E-state index contributed by atoms with van der Waals surface area (Å²) in [6, 6.07) is 17.9. The van der Waals surface area contributed by atoms with Gasteiger partial charge >= 0.3 is 6.09 Å². The number of anilines is 3. The third kappa shape index (κ3) is 5.80. The summed E-state index contributed by atoms with van der Waals surface area (Å²) in [6.45, 7) is 7.96. The number of aromatic nitrogens is 4. The SMILES string of the molecule is C[C@H](Nc1ncnc2[nH]nc(Nc3ccc(CNC(=O)OC(C)(C)C)cc3)c12)c1ccccc1. The van der Waals surface area contributed by atoms with Gasteiger partial charge in [0.1, 0.15) is 23.1 Å². The molecule has 1 amide bonds. The third-order valence-electron chi connectivity index (χ3n) is 5.06. The summed E-state index contributed by atoms with van der Waals surface area (Å²) in [5, 5.41) is 17.7. The topological polar surface area (TPSA) is 117 Å². The molecular formula is C25H29N7O2. The molecule has 0 saturated carbocycles. The van der Waals surface area contributed by atoms with Gasteiger partial charge in [-0.15, -0.1) is 0 Å². The van der Waals surface area contributed by atoms with E-state index in [-0.39, 0.29) is 6.04 Å². The van der Waals surface area contributed by atoms with Crippen LogP contribution in [-0.4, -0.2) is 31.9 Å². The zero-order valence-electron chi connectivity index (χ0n) is 19.7. The number of hydrogen-bond donors (Lipinski definition) is 4. The number of amides is 1. The molecule has 0 aliphatic heterocycles. The highest BCUT2D eigenvalue weighted by molar-refractivity contribution is 5.97. The molecule has 0 unspecified atom stereocenters. The lowest BCUT2D eigenvalue weighted by atomic mass is 10.1. The molecule has 34 heavy (non-hydrogen) atoms. The standard InChI is InChI=1S/C25H29N7O2/c1-16(18-8-6-5-7-9-18)29-21-20-22(28-15-27-21)31-32-23(20)30-19-12-10-17(11-13-19)14-26-24(33)34-25(2,3)4/h5-13,15-16H,14H2,1-4H3,(H,26,33)(H3,27,28,29,30,31,32)/t16-/m0/s1. The van der Waals surface area contributed by atoms with Gasteiger partial charge in [-0.1, -0.05) is 42.5 Å². The summed E-state index contributed by atoms with van der Waals surface area (Å²) >= 11 is 0. The van der Waals surface area contributed by atoms with Crippen LogP contribution in [0.1, 0.15) is 44.9 Å². The van der Waals surface area contributed by atoms with E-state index in [4.69, 9.17) is 4.74 Å². The van der Waals surface area contributed by atoms with E-state index in [2.05, 4.69) is 55.2 Å². The average molecular weight is 460 g/mol. The minimum atomic E-state index is -0.527. The number of carbonyl (C=O) groups is 1. The second kappa shape index (κ2) is 9.78. The fourth-order valence-corrected chi connectivity index (χ4v) is 3.42. The van der Waals surface area contributed by atoms with Crippen molar-refractivity contribution in [2.24, 2.45) is 0 Å². The quantitative estimate of drug-likeness (QED) is 0.296. The molecule has 1 atom stereocenters. The Morgan fingerprint density at radius 2 is 1.76 bits per heavy atom. The van der Waals surface area contributed by atoms with Crippen LogP contribution >= 0.6 is 0 Å². The Morgan fingerprint density at radius 1 is 1.03 bits per heavy atom. The van der Waals surface area contributed by atoms with Crippen LogP contribution in [-0.2, 0) is 11.3 Å². The maximum absolute atomic E-state index is 11.9. The highest BCUT2D eigenvalue weighted by atomic mass is 16.6. The van der Waals surface area contributed by atoms with Crippen molar-refractivity contribution in [1.82, 2.24) is 25.5 Å². The number of carbonyl (C=O) groups excluding carboxylic acids is 1. The fourth-order valence-electron chi connectivity index (χ4n) is 3.42. The van der Waals surface area contributed by atoms with Crippen molar-refractivity contribution in [2.75, 3.05) is 10.6 Å². The molecule has 4 aromatic rings. The van der Waals surface area contributed by atoms with Gasteiger partial charge in [-0.3, -0.25) is 5.10 Å². The van der Waals surface area contributed by atoms with Crippen molar-refractivity contribution in [2.45, 2.75) is 45.9 Å². The van der Waals surface area contributed by atoms with Gasteiger partial charge in [0.25, 0.3) is 0 Å². The molecule has 2 heterocycles. The Labute approximate surface area is 198 Å². The first-order valence-corrected chi connectivity index (χ1v) is 11.1. The van der Waals surface area contributed by atoms with Crippen LogP contribution in [0.15, 0.2) is 60.9 Å². The molecule has 2 aromatic heterocycles. The fraction of sp³-hybridized carbons (Fsp3) is 0.280. The average Bonchev–Trinajstić information content (AvgIpc) is 3.22. The van der Waals surface area contributed by atoms with E-state index in [0.29, 0.717) is 23.8 Å². The van der Waals surface area contributed by atoms with E-state index in [1.54, 1.807) is 0 Å². The first kappa shape index (κ1) is 23.0. The van der Waals surface area contributed by atoms with Crippen molar-refractivity contribution < 1.29 is 9.53 Å². The molecule has 0 aliphatic rings. The Morgan fingerprint density at radius 3 is 2.47 bits per heavy atom. The van der Waals surface area contributed by atoms with Crippen molar-refractivity contribution in [3.05, 3.63) is 72.1 Å². The minimum absolute atomic E-state index is 0.0545. The molecule has 0 fully saturated rings. The first-order chi connectivity index (χ1) is 16.3. The van der Waals surface area contributed by atoms with Gasteiger partial charge in [0.15, 0.2) is 11.5 Å². The predicted molar refractivity (Wildman–Crippen MR) is 133 cm³/mol. The number of fused-ring (bicyclic) bond motifs is 1. The summed E-state index contributed by atoms with van der Waals surface area (Å²) in [5.74, 6) is 1.31. The molecule has 0 aliphatic carbocycles. The molecule has 0 spiro atoms. The van der Waals surface area contributed by atoms with Gasteiger partial charge in [-0.25, -0.2) is 14.8 Å². The Bertz CT molecular complexity index is 1250. The summed E-state index contributed by atoms with van der Waals surface area (Å²) in [6.07, 6.45) is 1.07. The smallest absolute Gasteiger partial charge is 0.407 e. The van der Waals surface area contributed by atoms with Crippen LogP contribution in [0.5, 0.6) is 0 Å². The largest absolute Gasteiger partial charge is 0.444 e. The van der Waals surface area contributed by atoms with Gasteiger partial charge in [0.05, 0.1) is 0 Å². The zero-order valence-corrected chi connectivity index (χ0v) is 19.7. The lowest BCUT2D eigenvalue weighted by Gasteiger charge is -2.19. The highest BCUT2D eigenvalue weighted by Crippen LogP contribution is 2.30. The molecule has 0 saturated heterocycles. The van der Waals surface area contributed by atoms with Crippen LogP contribution in [0.3, 0.4) is 0 Å². The number of nitrogens with zero attached hydrogens (tertiary/aromatic N) is 3. The van der Waals surface area contributed by atoms with E-state index in [1.807, 2.05) is 63.2 Å². The molecule has 0 radical (unpaired) electrons. The normalized spacial score (nSPS) is 12.2. The van der Waals surface area contributed by atoms with Crippen molar-refractivity contribution >= 4 is 34.4 Å². The van der Waals surface area contributed by atoms with E-state index >= 15 is 0 Å². The summed E-state index contributed by atoms with van der Waals surface area (Å²) in [7, 11) is 0. The molecule has 176 valence electrons. The van der Waals surface area contributed by atoms with Gasteiger partial charge in [-0.05, 0) is 51.0 Å². The van der Waals surface area contributed by atoms with Gasteiger partial charge < -0.3 is 20.7 Å². The van der Waals surface area contributed by atoms with E-state index < -0.39 is 11.7 Å². The predicted octanol–water partition coefficient (Wildman–Crippen LogP) is 5.29. The monoisotopic (exact) mass is 459 g/mol.